The molecule has 4 aromatic rings. The SMILES string of the molecule is COC(=O)CC(c1cccc(C#N)c1)n1cc(-c2ncnc3[nH]ccc23)cn1.O=C(O)C(F)(F)F. The minimum absolute atomic E-state index is 0.0931. The molecule has 0 aliphatic rings. The summed E-state index contributed by atoms with van der Waals surface area (Å²) in [5.41, 5.74) is 3.61. The second-order valence-electron chi connectivity index (χ2n) is 7.01. The number of hydrogen-bond donors (Lipinski definition) is 2. The molecule has 0 amide bonds. The number of alkyl halides is 3. The Morgan fingerprint density at radius 1 is 1.29 bits per heavy atom. The summed E-state index contributed by atoms with van der Waals surface area (Å²) in [4.78, 5) is 32.5. The zero-order valence-corrected chi connectivity index (χ0v) is 18.0. The van der Waals surface area contributed by atoms with Gasteiger partial charge >= 0.3 is 18.1 Å². The van der Waals surface area contributed by atoms with E-state index in [2.05, 4.69) is 26.1 Å². The predicted octanol–water partition coefficient (Wildman–Crippen LogP) is 3.48. The Kier molecular flexibility index (Phi) is 7.45. The number of nitrogens with zero attached hydrogens (tertiary/aromatic N) is 5. The lowest BCUT2D eigenvalue weighted by molar-refractivity contribution is -0.192. The summed E-state index contributed by atoms with van der Waals surface area (Å²) < 4.78 is 38.3. The Morgan fingerprint density at radius 3 is 2.69 bits per heavy atom. The third-order valence-electron chi connectivity index (χ3n) is 4.78. The van der Waals surface area contributed by atoms with E-state index in [9.17, 15) is 23.2 Å². The number of nitrogens with one attached hydrogen (secondary N) is 1. The fraction of sp³-hybridized carbons (Fsp3) is 0.182. The summed E-state index contributed by atoms with van der Waals surface area (Å²) >= 11 is 0. The number of aromatic amines is 1. The molecule has 0 saturated carbocycles. The number of carbonyl (C=O) groups is 2. The molecule has 2 N–H and O–H groups in total. The zero-order valence-electron chi connectivity index (χ0n) is 18.0. The monoisotopic (exact) mass is 486 g/mol. The van der Waals surface area contributed by atoms with Crippen LogP contribution in [0.5, 0.6) is 0 Å². The molecule has 0 radical (unpaired) electrons. The average Bonchev–Trinajstić information content (AvgIpc) is 3.52. The van der Waals surface area contributed by atoms with Gasteiger partial charge in [-0.05, 0) is 23.8 Å². The van der Waals surface area contributed by atoms with E-state index in [0.29, 0.717) is 5.56 Å². The van der Waals surface area contributed by atoms with Crippen LogP contribution in [0.4, 0.5) is 13.2 Å². The highest BCUT2D eigenvalue weighted by atomic mass is 19.4. The minimum atomic E-state index is -5.08. The van der Waals surface area contributed by atoms with E-state index >= 15 is 0 Å². The maximum atomic E-state index is 12.0. The number of carbonyl (C=O) groups excluding carboxylic acids is 1. The number of methoxy groups -OCH3 is 1. The maximum Gasteiger partial charge on any atom is 0.490 e. The van der Waals surface area contributed by atoms with Gasteiger partial charge in [-0.1, -0.05) is 12.1 Å². The number of carboxylic acids is 1. The highest BCUT2D eigenvalue weighted by Crippen LogP contribution is 2.28. The lowest BCUT2D eigenvalue weighted by Gasteiger charge is -2.17. The standard InChI is InChI=1S/C20H16N6O2.C2HF3O2/c1-28-18(27)8-17(14-4-2-3-13(7-14)9-21)26-11-15(10-25-26)19-16-5-6-22-20(16)24-12-23-19;3-2(4,5)1(6)7/h2-7,10-12,17H,8H2,1H3,(H,22,23,24);(H,6,7). The van der Waals surface area contributed by atoms with Gasteiger partial charge in [-0.25, -0.2) is 14.8 Å². The van der Waals surface area contributed by atoms with Crippen LogP contribution in [-0.4, -0.2) is 55.1 Å². The molecule has 3 aromatic heterocycles. The van der Waals surface area contributed by atoms with Gasteiger partial charge < -0.3 is 14.8 Å². The first kappa shape index (κ1) is 24.9. The first-order chi connectivity index (χ1) is 16.6. The normalized spacial score (nSPS) is 11.7. The number of esters is 1. The molecule has 0 fully saturated rings. The maximum absolute atomic E-state index is 12.0. The first-order valence-electron chi connectivity index (χ1n) is 9.83. The number of fused-ring (bicyclic) bond motifs is 1. The highest BCUT2D eigenvalue weighted by Gasteiger charge is 2.38. The van der Waals surface area contributed by atoms with E-state index in [1.165, 1.54) is 13.4 Å². The van der Waals surface area contributed by atoms with E-state index in [-0.39, 0.29) is 12.4 Å². The number of aliphatic carboxylic acids is 1. The highest BCUT2D eigenvalue weighted by molar-refractivity contribution is 5.90. The molecule has 1 unspecified atom stereocenters. The lowest BCUT2D eigenvalue weighted by Crippen LogP contribution is -2.21. The van der Waals surface area contributed by atoms with Crippen LogP contribution in [-0.2, 0) is 14.3 Å². The molecule has 180 valence electrons. The van der Waals surface area contributed by atoms with Gasteiger partial charge in [0.05, 0.1) is 43.1 Å². The van der Waals surface area contributed by atoms with E-state index in [0.717, 1.165) is 27.9 Å². The van der Waals surface area contributed by atoms with Crippen LogP contribution in [0.25, 0.3) is 22.3 Å². The van der Waals surface area contributed by atoms with Crippen molar-refractivity contribution in [2.75, 3.05) is 7.11 Å². The zero-order chi connectivity index (χ0) is 25.6. The Balaban J connectivity index is 0.000000429. The third-order valence-corrected chi connectivity index (χ3v) is 4.78. The minimum Gasteiger partial charge on any atom is -0.475 e. The topological polar surface area (TPSA) is 147 Å². The number of ether oxygens (including phenoxy) is 1. The molecule has 4 rings (SSSR count). The molecule has 10 nitrogen and oxygen atoms in total. The van der Waals surface area contributed by atoms with Gasteiger partial charge in [0.2, 0.25) is 0 Å². The van der Waals surface area contributed by atoms with E-state index < -0.39 is 18.2 Å². The molecule has 0 bridgehead atoms. The van der Waals surface area contributed by atoms with Crippen LogP contribution in [0, 0.1) is 11.3 Å². The molecule has 0 aliphatic carbocycles. The summed E-state index contributed by atoms with van der Waals surface area (Å²) in [7, 11) is 1.35. The molecular weight excluding hydrogens is 469 g/mol. The summed E-state index contributed by atoms with van der Waals surface area (Å²) in [6, 6.07) is 10.8. The lowest BCUT2D eigenvalue weighted by atomic mass is 10.0. The molecule has 1 aromatic carbocycles. The Labute approximate surface area is 195 Å². The second-order valence-corrected chi connectivity index (χ2v) is 7.01. The molecule has 0 spiro atoms. The van der Waals surface area contributed by atoms with Crippen molar-refractivity contribution >= 4 is 23.0 Å². The summed E-state index contributed by atoms with van der Waals surface area (Å²) in [5, 5.41) is 21.7. The molecule has 13 heteroatoms. The van der Waals surface area contributed by atoms with E-state index in [4.69, 9.17) is 14.6 Å². The van der Waals surface area contributed by atoms with E-state index in [1.54, 1.807) is 35.3 Å². The summed E-state index contributed by atoms with van der Waals surface area (Å²) in [6.07, 6.45) is 1.85. The number of H-pyrrole nitrogens is 1. The van der Waals surface area contributed by atoms with Crippen molar-refractivity contribution < 1.29 is 32.6 Å². The van der Waals surface area contributed by atoms with Crippen molar-refractivity contribution in [2.24, 2.45) is 0 Å². The van der Waals surface area contributed by atoms with Crippen molar-refractivity contribution in [1.29, 1.82) is 5.26 Å². The number of nitriles is 1. The van der Waals surface area contributed by atoms with Crippen LogP contribution in [0.2, 0.25) is 0 Å². The van der Waals surface area contributed by atoms with Gasteiger partial charge in [-0.2, -0.15) is 23.5 Å². The van der Waals surface area contributed by atoms with Crippen LogP contribution >= 0.6 is 0 Å². The predicted molar refractivity (Wildman–Crippen MR) is 115 cm³/mol. The van der Waals surface area contributed by atoms with Crippen molar-refractivity contribution in [3.63, 3.8) is 0 Å². The smallest absolute Gasteiger partial charge is 0.475 e. The van der Waals surface area contributed by atoms with Crippen LogP contribution in [0.1, 0.15) is 23.6 Å². The number of halogens is 3. The largest absolute Gasteiger partial charge is 0.490 e. The molecular formula is C22H17F3N6O4. The second kappa shape index (κ2) is 10.5. The fourth-order valence-electron chi connectivity index (χ4n) is 3.15. The van der Waals surface area contributed by atoms with Crippen molar-refractivity contribution in [3.8, 4) is 17.3 Å². The summed E-state index contributed by atoms with van der Waals surface area (Å²) in [5.74, 6) is -3.12. The quantitative estimate of drug-likeness (QED) is 0.408. The third kappa shape index (κ3) is 5.99. The molecule has 1 atom stereocenters. The van der Waals surface area contributed by atoms with Gasteiger partial charge in [0.1, 0.15) is 12.0 Å². The van der Waals surface area contributed by atoms with Crippen LogP contribution in [0.15, 0.2) is 55.2 Å². The fourth-order valence-corrected chi connectivity index (χ4v) is 3.15. The Bertz CT molecular complexity index is 1390. The van der Waals surface area contributed by atoms with Crippen molar-refractivity contribution in [1.82, 2.24) is 24.7 Å². The number of aromatic nitrogens is 5. The molecule has 0 saturated heterocycles. The van der Waals surface area contributed by atoms with Gasteiger partial charge in [0, 0.05) is 23.3 Å². The molecule has 0 aliphatic heterocycles. The van der Waals surface area contributed by atoms with Gasteiger partial charge in [0.15, 0.2) is 0 Å². The molecule has 35 heavy (non-hydrogen) atoms. The molecule has 3 heterocycles. The van der Waals surface area contributed by atoms with Gasteiger partial charge in [-0.15, -0.1) is 0 Å². The number of hydrogen-bond acceptors (Lipinski definition) is 7. The van der Waals surface area contributed by atoms with Gasteiger partial charge in [0.25, 0.3) is 0 Å². The number of rotatable bonds is 5. The van der Waals surface area contributed by atoms with Crippen LogP contribution in [0.3, 0.4) is 0 Å². The van der Waals surface area contributed by atoms with Crippen molar-refractivity contribution in [2.45, 2.75) is 18.6 Å². The number of carboxylic acid groups (broad SMARTS) is 1. The van der Waals surface area contributed by atoms with E-state index in [1.807, 2.05) is 18.3 Å². The van der Waals surface area contributed by atoms with Crippen LogP contribution < -0.4 is 0 Å². The average molecular weight is 486 g/mol. The Morgan fingerprint density at radius 2 is 2.03 bits per heavy atom. The first-order valence-corrected chi connectivity index (χ1v) is 9.83. The summed E-state index contributed by atoms with van der Waals surface area (Å²) in [6.45, 7) is 0. The van der Waals surface area contributed by atoms with Crippen molar-refractivity contribution in [3.05, 3.63) is 66.4 Å². The van der Waals surface area contributed by atoms with Gasteiger partial charge in [-0.3, -0.25) is 9.48 Å². The number of benzene rings is 1. The Hall–Kier alpha value is -4.73.